The van der Waals surface area contributed by atoms with Crippen LogP contribution in [0.2, 0.25) is 0 Å². The van der Waals surface area contributed by atoms with Gasteiger partial charge in [0.15, 0.2) is 0 Å². The molecule has 2 fully saturated rings. The lowest BCUT2D eigenvalue weighted by Crippen LogP contribution is -2.42. The van der Waals surface area contributed by atoms with Crippen LogP contribution in [0, 0.1) is 17.3 Å². The van der Waals surface area contributed by atoms with E-state index in [4.69, 9.17) is 0 Å². The van der Waals surface area contributed by atoms with Crippen LogP contribution in [0.3, 0.4) is 0 Å². The highest BCUT2D eigenvalue weighted by Gasteiger charge is 2.47. The molecule has 0 saturated heterocycles. The molecule has 2 heteroatoms. The smallest absolute Gasteiger partial charge is 0.309 e. The zero-order chi connectivity index (χ0) is 13.7. The average molecular weight is 266 g/mol. The highest BCUT2D eigenvalue weighted by atomic mass is 16.4. The molecule has 19 heavy (non-hydrogen) atoms. The standard InChI is InChI=1S/C17H30O2/c1-2-3-7-14-10-12-17(13-11-14,16(18)19)15-8-5-4-6-9-15/h14-15H,2-13H2,1H3,(H,18,19)/t14-,17-. The van der Waals surface area contributed by atoms with Crippen LogP contribution in [0.4, 0.5) is 0 Å². The van der Waals surface area contributed by atoms with Crippen LogP contribution < -0.4 is 0 Å². The summed E-state index contributed by atoms with van der Waals surface area (Å²) in [5.74, 6) is 0.773. The van der Waals surface area contributed by atoms with Gasteiger partial charge in [-0.25, -0.2) is 0 Å². The number of hydrogen-bond donors (Lipinski definition) is 1. The van der Waals surface area contributed by atoms with Crippen LogP contribution in [0.15, 0.2) is 0 Å². The molecule has 0 unspecified atom stereocenters. The fourth-order valence-electron chi connectivity index (χ4n) is 4.43. The molecule has 0 bridgehead atoms. The first-order valence-electron chi connectivity index (χ1n) is 8.42. The van der Waals surface area contributed by atoms with E-state index in [0.717, 1.165) is 44.4 Å². The zero-order valence-electron chi connectivity index (χ0n) is 12.5. The summed E-state index contributed by atoms with van der Waals surface area (Å²) < 4.78 is 0. The molecule has 0 amide bonds. The summed E-state index contributed by atoms with van der Waals surface area (Å²) in [7, 11) is 0. The Labute approximate surface area is 118 Å². The first-order chi connectivity index (χ1) is 9.19. The molecular weight excluding hydrogens is 236 g/mol. The van der Waals surface area contributed by atoms with Gasteiger partial charge in [-0.15, -0.1) is 0 Å². The second kappa shape index (κ2) is 6.76. The molecule has 0 atom stereocenters. The lowest BCUT2D eigenvalue weighted by Gasteiger charge is -2.44. The van der Waals surface area contributed by atoms with Gasteiger partial charge in [0.05, 0.1) is 5.41 Å². The Morgan fingerprint density at radius 1 is 1.11 bits per heavy atom. The molecule has 0 aliphatic heterocycles. The summed E-state index contributed by atoms with van der Waals surface area (Å²) in [5.41, 5.74) is -0.358. The zero-order valence-corrected chi connectivity index (χ0v) is 12.5. The van der Waals surface area contributed by atoms with Gasteiger partial charge in [-0.2, -0.15) is 0 Å². The number of aliphatic carboxylic acids is 1. The van der Waals surface area contributed by atoms with E-state index < -0.39 is 5.97 Å². The predicted octanol–water partition coefficient (Wildman–Crippen LogP) is 5.02. The van der Waals surface area contributed by atoms with Crippen LogP contribution in [-0.4, -0.2) is 11.1 Å². The molecule has 0 heterocycles. The van der Waals surface area contributed by atoms with Crippen LogP contribution in [0.25, 0.3) is 0 Å². The van der Waals surface area contributed by atoms with Crippen molar-refractivity contribution in [3.05, 3.63) is 0 Å². The molecule has 2 nitrogen and oxygen atoms in total. The predicted molar refractivity (Wildman–Crippen MR) is 78.1 cm³/mol. The Bertz CT molecular complexity index is 284. The van der Waals surface area contributed by atoms with Crippen molar-refractivity contribution in [2.24, 2.45) is 17.3 Å². The average Bonchev–Trinajstić information content (AvgIpc) is 2.46. The lowest BCUT2D eigenvalue weighted by atomic mass is 9.60. The van der Waals surface area contributed by atoms with Crippen molar-refractivity contribution >= 4 is 5.97 Å². The normalized spacial score (nSPS) is 33.2. The number of carboxylic acid groups (broad SMARTS) is 1. The van der Waals surface area contributed by atoms with Crippen molar-refractivity contribution in [2.75, 3.05) is 0 Å². The lowest BCUT2D eigenvalue weighted by molar-refractivity contribution is -0.157. The Morgan fingerprint density at radius 3 is 2.26 bits per heavy atom. The Morgan fingerprint density at radius 2 is 1.74 bits per heavy atom. The van der Waals surface area contributed by atoms with E-state index in [0.29, 0.717) is 5.92 Å². The first kappa shape index (κ1) is 14.9. The van der Waals surface area contributed by atoms with E-state index in [1.165, 1.54) is 38.5 Å². The van der Waals surface area contributed by atoms with Gasteiger partial charge in [0.25, 0.3) is 0 Å². The molecule has 2 aliphatic carbocycles. The van der Waals surface area contributed by atoms with Gasteiger partial charge in [0.2, 0.25) is 0 Å². The molecular formula is C17H30O2. The highest BCUT2D eigenvalue weighted by molar-refractivity contribution is 5.75. The Balaban J connectivity index is 1.96. The van der Waals surface area contributed by atoms with Crippen molar-refractivity contribution in [1.82, 2.24) is 0 Å². The Hall–Kier alpha value is -0.530. The van der Waals surface area contributed by atoms with E-state index in [1.54, 1.807) is 0 Å². The Kier molecular flexibility index (Phi) is 5.29. The minimum absolute atomic E-state index is 0.358. The molecule has 0 aromatic rings. The molecule has 2 saturated carbocycles. The molecule has 110 valence electrons. The maximum Gasteiger partial charge on any atom is 0.309 e. The summed E-state index contributed by atoms with van der Waals surface area (Å²) in [4.78, 5) is 11.9. The fourth-order valence-corrected chi connectivity index (χ4v) is 4.43. The number of carbonyl (C=O) groups is 1. The second-order valence-corrected chi connectivity index (χ2v) is 6.88. The fraction of sp³-hybridized carbons (Fsp3) is 0.941. The molecule has 0 aromatic heterocycles. The van der Waals surface area contributed by atoms with Crippen LogP contribution >= 0.6 is 0 Å². The first-order valence-corrected chi connectivity index (χ1v) is 8.42. The van der Waals surface area contributed by atoms with Crippen molar-refractivity contribution in [1.29, 1.82) is 0 Å². The monoisotopic (exact) mass is 266 g/mol. The van der Waals surface area contributed by atoms with Gasteiger partial charge in [-0.1, -0.05) is 45.4 Å². The summed E-state index contributed by atoms with van der Waals surface area (Å²) in [5, 5.41) is 9.80. The van der Waals surface area contributed by atoms with Crippen LogP contribution in [-0.2, 0) is 4.79 Å². The number of hydrogen-bond acceptors (Lipinski definition) is 1. The van der Waals surface area contributed by atoms with Gasteiger partial charge in [0.1, 0.15) is 0 Å². The minimum Gasteiger partial charge on any atom is -0.481 e. The van der Waals surface area contributed by atoms with Crippen molar-refractivity contribution in [3.8, 4) is 0 Å². The number of rotatable bonds is 5. The van der Waals surface area contributed by atoms with Gasteiger partial charge >= 0.3 is 5.97 Å². The summed E-state index contributed by atoms with van der Waals surface area (Å²) >= 11 is 0. The van der Waals surface area contributed by atoms with Crippen LogP contribution in [0.1, 0.15) is 84.0 Å². The number of carboxylic acids is 1. The third-order valence-corrected chi connectivity index (χ3v) is 5.78. The van der Waals surface area contributed by atoms with Gasteiger partial charge in [-0.3, -0.25) is 4.79 Å². The SMILES string of the molecule is CCCC[C@H]1CC[C@@](C(=O)O)(C2CCCCC2)CC1. The number of unbranched alkanes of at least 4 members (excludes halogenated alkanes) is 1. The third kappa shape index (κ3) is 3.32. The largest absolute Gasteiger partial charge is 0.481 e. The molecule has 1 N–H and O–H groups in total. The van der Waals surface area contributed by atoms with E-state index >= 15 is 0 Å². The summed E-state index contributed by atoms with van der Waals surface area (Å²) in [6, 6.07) is 0. The van der Waals surface area contributed by atoms with E-state index in [9.17, 15) is 9.90 Å². The maximum absolute atomic E-state index is 11.9. The van der Waals surface area contributed by atoms with E-state index in [1.807, 2.05) is 0 Å². The maximum atomic E-state index is 11.9. The summed E-state index contributed by atoms with van der Waals surface area (Å²) in [6.07, 6.45) is 14.2. The third-order valence-electron chi connectivity index (χ3n) is 5.78. The van der Waals surface area contributed by atoms with E-state index in [-0.39, 0.29) is 5.41 Å². The molecule has 0 radical (unpaired) electrons. The second-order valence-electron chi connectivity index (χ2n) is 6.88. The molecule has 2 aliphatic rings. The molecule has 0 spiro atoms. The molecule has 0 aromatic carbocycles. The van der Waals surface area contributed by atoms with Gasteiger partial charge in [0, 0.05) is 0 Å². The quantitative estimate of drug-likeness (QED) is 0.758. The molecule has 2 rings (SSSR count). The van der Waals surface area contributed by atoms with Crippen molar-refractivity contribution in [2.45, 2.75) is 84.0 Å². The topological polar surface area (TPSA) is 37.3 Å². The summed E-state index contributed by atoms with van der Waals surface area (Å²) in [6.45, 7) is 2.24. The highest BCUT2D eigenvalue weighted by Crippen LogP contribution is 2.50. The van der Waals surface area contributed by atoms with Crippen molar-refractivity contribution in [3.63, 3.8) is 0 Å². The van der Waals surface area contributed by atoms with Gasteiger partial charge in [-0.05, 0) is 50.4 Å². The minimum atomic E-state index is -0.492. The van der Waals surface area contributed by atoms with E-state index in [2.05, 4.69) is 6.92 Å². The van der Waals surface area contributed by atoms with Crippen LogP contribution in [0.5, 0.6) is 0 Å². The van der Waals surface area contributed by atoms with Gasteiger partial charge < -0.3 is 5.11 Å². The van der Waals surface area contributed by atoms with Crippen molar-refractivity contribution < 1.29 is 9.90 Å².